The molecule has 0 spiro atoms. The molecule has 100 valence electrons. The average molecular weight is 298 g/mol. The van der Waals surface area contributed by atoms with E-state index in [-0.39, 0.29) is 11.1 Å². The Morgan fingerprint density at radius 3 is 2.53 bits per heavy atom. The Bertz CT molecular complexity index is 572. The van der Waals surface area contributed by atoms with Crippen molar-refractivity contribution in [2.24, 2.45) is 0 Å². The van der Waals surface area contributed by atoms with Crippen molar-refractivity contribution in [2.45, 2.75) is 12.5 Å². The molecule has 0 aromatic heterocycles. The Labute approximate surface area is 122 Å². The molecule has 0 saturated carbocycles. The van der Waals surface area contributed by atoms with Gasteiger partial charge in [0.1, 0.15) is 5.82 Å². The van der Waals surface area contributed by atoms with E-state index in [1.54, 1.807) is 6.07 Å². The molecule has 0 aliphatic rings. The minimum Gasteiger partial charge on any atom is -0.313 e. The van der Waals surface area contributed by atoms with Crippen LogP contribution in [-0.4, -0.2) is 7.05 Å². The summed E-state index contributed by atoms with van der Waals surface area (Å²) in [6.07, 6.45) is 0.580. The predicted molar refractivity (Wildman–Crippen MR) is 78.4 cm³/mol. The number of likely N-dealkylation sites (N-methyl/N-ethyl adjacent to an activating group) is 1. The summed E-state index contributed by atoms with van der Waals surface area (Å²) in [6.45, 7) is 0. The first-order valence-electron chi connectivity index (χ1n) is 5.98. The highest BCUT2D eigenvalue weighted by atomic mass is 35.5. The summed E-state index contributed by atoms with van der Waals surface area (Å²) in [5.74, 6) is -0.395. The zero-order valence-corrected chi connectivity index (χ0v) is 12.0. The van der Waals surface area contributed by atoms with Crippen molar-refractivity contribution < 1.29 is 4.39 Å². The summed E-state index contributed by atoms with van der Waals surface area (Å²) in [5, 5.41) is 4.05. The molecule has 1 nitrogen and oxygen atoms in total. The number of hydrogen-bond acceptors (Lipinski definition) is 1. The molecule has 1 N–H and O–H groups in total. The lowest BCUT2D eigenvalue weighted by molar-refractivity contribution is 0.584. The van der Waals surface area contributed by atoms with Crippen LogP contribution in [0.1, 0.15) is 17.2 Å². The van der Waals surface area contributed by atoms with Crippen LogP contribution in [0.15, 0.2) is 42.5 Å². The van der Waals surface area contributed by atoms with Gasteiger partial charge in [0, 0.05) is 11.1 Å². The summed E-state index contributed by atoms with van der Waals surface area (Å²) in [4.78, 5) is 0. The van der Waals surface area contributed by atoms with Gasteiger partial charge in [-0.2, -0.15) is 0 Å². The van der Waals surface area contributed by atoms with Crippen LogP contribution < -0.4 is 5.32 Å². The first-order chi connectivity index (χ1) is 9.13. The molecule has 0 saturated heterocycles. The van der Waals surface area contributed by atoms with Gasteiger partial charge in [0.2, 0.25) is 0 Å². The lowest BCUT2D eigenvalue weighted by atomic mass is 9.99. The number of rotatable bonds is 4. The lowest BCUT2D eigenvalue weighted by Crippen LogP contribution is -2.19. The van der Waals surface area contributed by atoms with E-state index in [2.05, 4.69) is 5.32 Å². The van der Waals surface area contributed by atoms with E-state index in [0.717, 1.165) is 11.1 Å². The van der Waals surface area contributed by atoms with E-state index in [9.17, 15) is 4.39 Å². The molecule has 2 aromatic rings. The highest BCUT2D eigenvalue weighted by Gasteiger charge is 2.15. The van der Waals surface area contributed by atoms with Gasteiger partial charge in [-0.05, 0) is 36.7 Å². The van der Waals surface area contributed by atoms with E-state index in [1.165, 1.54) is 6.07 Å². The summed E-state index contributed by atoms with van der Waals surface area (Å²) >= 11 is 12.2. The van der Waals surface area contributed by atoms with E-state index >= 15 is 0 Å². The highest BCUT2D eigenvalue weighted by Crippen LogP contribution is 2.28. The maximum absolute atomic E-state index is 13.4. The Kier molecular flexibility index (Phi) is 4.81. The summed E-state index contributed by atoms with van der Waals surface area (Å²) in [6, 6.07) is 12.4. The van der Waals surface area contributed by atoms with Crippen molar-refractivity contribution in [3.63, 3.8) is 0 Å². The van der Waals surface area contributed by atoms with Crippen LogP contribution in [0.4, 0.5) is 4.39 Å². The topological polar surface area (TPSA) is 12.0 Å². The molecule has 0 aliphatic carbocycles. The van der Waals surface area contributed by atoms with Gasteiger partial charge in [-0.3, -0.25) is 0 Å². The monoisotopic (exact) mass is 297 g/mol. The van der Waals surface area contributed by atoms with Crippen molar-refractivity contribution in [3.8, 4) is 0 Å². The molecule has 1 atom stereocenters. The fourth-order valence-electron chi connectivity index (χ4n) is 2.05. The average Bonchev–Trinajstić information content (AvgIpc) is 2.41. The molecule has 2 aromatic carbocycles. The van der Waals surface area contributed by atoms with E-state index < -0.39 is 5.82 Å². The molecule has 0 aliphatic heterocycles. The Hall–Kier alpha value is -1.09. The van der Waals surface area contributed by atoms with Crippen LogP contribution in [0.3, 0.4) is 0 Å². The quantitative estimate of drug-likeness (QED) is 0.867. The summed E-state index contributed by atoms with van der Waals surface area (Å²) in [7, 11) is 1.85. The van der Waals surface area contributed by atoms with Crippen LogP contribution in [0.2, 0.25) is 10.0 Å². The van der Waals surface area contributed by atoms with Gasteiger partial charge in [-0.25, -0.2) is 4.39 Å². The van der Waals surface area contributed by atoms with Gasteiger partial charge in [-0.15, -0.1) is 0 Å². The largest absolute Gasteiger partial charge is 0.313 e. The van der Waals surface area contributed by atoms with E-state index in [1.807, 2.05) is 37.4 Å². The van der Waals surface area contributed by atoms with Gasteiger partial charge in [0.15, 0.2) is 0 Å². The first-order valence-corrected chi connectivity index (χ1v) is 6.73. The van der Waals surface area contributed by atoms with Crippen molar-refractivity contribution in [2.75, 3.05) is 7.05 Å². The number of halogens is 3. The third kappa shape index (κ3) is 3.27. The van der Waals surface area contributed by atoms with Gasteiger partial charge in [0.05, 0.1) is 5.02 Å². The third-order valence-electron chi connectivity index (χ3n) is 3.08. The normalized spacial score (nSPS) is 12.4. The first kappa shape index (κ1) is 14.3. The van der Waals surface area contributed by atoms with Gasteiger partial charge >= 0.3 is 0 Å². The van der Waals surface area contributed by atoms with Crippen molar-refractivity contribution in [1.82, 2.24) is 5.32 Å². The molecule has 4 heteroatoms. The minimum absolute atomic E-state index is 0.00648. The van der Waals surface area contributed by atoms with Crippen LogP contribution in [0, 0.1) is 5.82 Å². The molecular weight excluding hydrogens is 284 g/mol. The molecule has 0 bridgehead atoms. The Morgan fingerprint density at radius 2 is 1.84 bits per heavy atom. The second-order valence-electron chi connectivity index (χ2n) is 4.28. The molecule has 1 unspecified atom stereocenters. The Morgan fingerprint density at radius 1 is 1.11 bits per heavy atom. The van der Waals surface area contributed by atoms with E-state index in [0.29, 0.717) is 11.4 Å². The van der Waals surface area contributed by atoms with Gasteiger partial charge < -0.3 is 5.32 Å². The van der Waals surface area contributed by atoms with Crippen LogP contribution >= 0.6 is 23.2 Å². The molecule has 0 heterocycles. The Balaban J connectivity index is 2.30. The molecule has 0 fully saturated rings. The molecule has 0 radical (unpaired) electrons. The maximum atomic E-state index is 13.4. The summed E-state index contributed by atoms with van der Waals surface area (Å²) < 4.78 is 13.4. The van der Waals surface area contributed by atoms with Crippen LogP contribution in [0.5, 0.6) is 0 Å². The fraction of sp³-hybridized carbons (Fsp3) is 0.200. The van der Waals surface area contributed by atoms with Gasteiger partial charge in [0.25, 0.3) is 0 Å². The minimum atomic E-state index is -0.395. The number of nitrogens with one attached hydrogen (secondary N) is 1. The number of hydrogen-bond donors (Lipinski definition) is 1. The molecule has 0 amide bonds. The number of benzene rings is 2. The zero-order valence-electron chi connectivity index (χ0n) is 10.5. The SMILES string of the molecule is CNC(Cc1cccc(F)c1Cl)c1ccccc1Cl. The molecule has 19 heavy (non-hydrogen) atoms. The lowest BCUT2D eigenvalue weighted by Gasteiger charge is -2.18. The van der Waals surface area contributed by atoms with Crippen molar-refractivity contribution in [3.05, 3.63) is 69.5 Å². The predicted octanol–water partition coefficient (Wildman–Crippen LogP) is 4.64. The van der Waals surface area contributed by atoms with E-state index in [4.69, 9.17) is 23.2 Å². The smallest absolute Gasteiger partial charge is 0.142 e. The second-order valence-corrected chi connectivity index (χ2v) is 5.07. The maximum Gasteiger partial charge on any atom is 0.142 e. The fourth-order valence-corrected chi connectivity index (χ4v) is 2.52. The second kappa shape index (κ2) is 6.38. The highest BCUT2D eigenvalue weighted by molar-refractivity contribution is 6.31. The van der Waals surface area contributed by atoms with Crippen molar-refractivity contribution in [1.29, 1.82) is 0 Å². The zero-order chi connectivity index (χ0) is 13.8. The van der Waals surface area contributed by atoms with Gasteiger partial charge in [-0.1, -0.05) is 53.5 Å². The molecule has 2 rings (SSSR count). The van der Waals surface area contributed by atoms with Crippen LogP contribution in [0.25, 0.3) is 0 Å². The molecular formula is C15H14Cl2FN. The van der Waals surface area contributed by atoms with Crippen molar-refractivity contribution >= 4 is 23.2 Å². The standard InChI is InChI=1S/C15H14Cl2FN/c1-19-14(11-6-2-3-7-12(11)16)9-10-5-4-8-13(18)15(10)17/h2-8,14,19H,9H2,1H3. The summed E-state index contributed by atoms with van der Waals surface area (Å²) in [5.41, 5.74) is 1.74. The third-order valence-corrected chi connectivity index (χ3v) is 3.85. The van der Waals surface area contributed by atoms with Crippen LogP contribution in [-0.2, 0) is 6.42 Å².